The van der Waals surface area contributed by atoms with E-state index in [1.54, 1.807) is 7.11 Å². The van der Waals surface area contributed by atoms with E-state index >= 15 is 0 Å². The summed E-state index contributed by atoms with van der Waals surface area (Å²) >= 11 is 0. The number of benzene rings is 2. The number of ether oxygens (including phenoxy) is 2. The SMILES string of the molecule is COc1cccc2c1Oc1cccc(C)c1C2. The molecule has 2 aromatic rings. The normalized spacial score (nSPS) is 12.4. The van der Waals surface area contributed by atoms with Crippen LogP contribution in [0.2, 0.25) is 0 Å². The first-order valence-corrected chi connectivity index (χ1v) is 5.72. The molecule has 0 N–H and O–H groups in total. The highest BCUT2D eigenvalue weighted by Gasteiger charge is 2.20. The number of aryl methyl sites for hydroxylation is 1. The monoisotopic (exact) mass is 226 g/mol. The highest BCUT2D eigenvalue weighted by molar-refractivity contribution is 5.57. The van der Waals surface area contributed by atoms with Gasteiger partial charge < -0.3 is 9.47 Å². The van der Waals surface area contributed by atoms with Crippen LogP contribution in [-0.4, -0.2) is 7.11 Å². The Bertz CT molecular complexity index is 573. The van der Waals surface area contributed by atoms with Crippen LogP contribution in [0.1, 0.15) is 16.7 Å². The predicted molar refractivity (Wildman–Crippen MR) is 67.1 cm³/mol. The Hall–Kier alpha value is -1.96. The van der Waals surface area contributed by atoms with Gasteiger partial charge >= 0.3 is 0 Å². The Labute approximate surface area is 101 Å². The molecule has 2 heteroatoms. The van der Waals surface area contributed by atoms with E-state index < -0.39 is 0 Å². The number of hydrogen-bond acceptors (Lipinski definition) is 2. The minimum absolute atomic E-state index is 0.801. The molecule has 0 aromatic heterocycles. The van der Waals surface area contributed by atoms with E-state index in [2.05, 4.69) is 19.1 Å². The van der Waals surface area contributed by atoms with Crippen molar-refractivity contribution in [3.63, 3.8) is 0 Å². The molecule has 0 fully saturated rings. The maximum atomic E-state index is 5.96. The average Bonchev–Trinajstić information content (AvgIpc) is 2.36. The molecule has 1 heterocycles. The lowest BCUT2D eigenvalue weighted by Crippen LogP contribution is -2.05. The van der Waals surface area contributed by atoms with Crippen LogP contribution in [0.3, 0.4) is 0 Å². The van der Waals surface area contributed by atoms with Gasteiger partial charge in [0.2, 0.25) is 0 Å². The summed E-state index contributed by atoms with van der Waals surface area (Å²) in [6.07, 6.45) is 0.911. The van der Waals surface area contributed by atoms with Gasteiger partial charge in [-0.15, -0.1) is 0 Å². The van der Waals surface area contributed by atoms with E-state index in [4.69, 9.17) is 9.47 Å². The van der Waals surface area contributed by atoms with Crippen molar-refractivity contribution in [3.8, 4) is 17.2 Å². The van der Waals surface area contributed by atoms with Gasteiger partial charge in [-0.25, -0.2) is 0 Å². The van der Waals surface area contributed by atoms with Gasteiger partial charge in [0.1, 0.15) is 5.75 Å². The lowest BCUT2D eigenvalue weighted by Gasteiger charge is -2.23. The fourth-order valence-electron chi connectivity index (χ4n) is 2.27. The van der Waals surface area contributed by atoms with Crippen molar-refractivity contribution in [2.45, 2.75) is 13.3 Å². The number of para-hydroxylation sites is 1. The molecule has 1 aliphatic heterocycles. The van der Waals surface area contributed by atoms with Gasteiger partial charge in [0.25, 0.3) is 0 Å². The Morgan fingerprint density at radius 1 is 1.12 bits per heavy atom. The summed E-state index contributed by atoms with van der Waals surface area (Å²) in [5.41, 5.74) is 3.73. The minimum Gasteiger partial charge on any atom is -0.493 e. The van der Waals surface area contributed by atoms with Gasteiger partial charge in [-0.3, -0.25) is 0 Å². The molecular formula is C15H14O2. The molecule has 17 heavy (non-hydrogen) atoms. The predicted octanol–water partition coefficient (Wildman–Crippen LogP) is 3.70. The second-order valence-electron chi connectivity index (χ2n) is 4.28. The first-order chi connectivity index (χ1) is 8.29. The first-order valence-electron chi connectivity index (χ1n) is 5.72. The lowest BCUT2D eigenvalue weighted by atomic mass is 9.96. The fourth-order valence-corrected chi connectivity index (χ4v) is 2.27. The molecule has 0 saturated carbocycles. The lowest BCUT2D eigenvalue weighted by molar-refractivity contribution is 0.371. The molecule has 0 radical (unpaired) electrons. The van der Waals surface area contributed by atoms with Gasteiger partial charge in [-0.05, 0) is 24.6 Å². The van der Waals surface area contributed by atoms with Gasteiger partial charge in [-0.2, -0.15) is 0 Å². The zero-order valence-corrected chi connectivity index (χ0v) is 9.99. The van der Waals surface area contributed by atoms with E-state index in [1.807, 2.05) is 24.3 Å². The molecule has 2 nitrogen and oxygen atoms in total. The van der Waals surface area contributed by atoms with Crippen LogP contribution in [0.5, 0.6) is 17.2 Å². The van der Waals surface area contributed by atoms with Crippen molar-refractivity contribution in [2.75, 3.05) is 7.11 Å². The standard InChI is InChI=1S/C15H14O2/c1-10-5-3-7-13-12(10)9-11-6-4-8-14(16-2)15(11)17-13/h3-8H,9H2,1-2H3. The molecule has 1 aliphatic rings. The summed E-state index contributed by atoms with van der Waals surface area (Å²) in [5.74, 6) is 2.60. The third-order valence-corrected chi connectivity index (χ3v) is 3.23. The minimum atomic E-state index is 0.801. The second kappa shape index (κ2) is 3.81. The van der Waals surface area contributed by atoms with Crippen LogP contribution in [-0.2, 0) is 6.42 Å². The molecule has 0 amide bonds. The zero-order valence-electron chi connectivity index (χ0n) is 9.99. The maximum absolute atomic E-state index is 5.96. The van der Waals surface area contributed by atoms with Gasteiger partial charge in [0, 0.05) is 17.5 Å². The molecule has 0 unspecified atom stereocenters. The zero-order chi connectivity index (χ0) is 11.8. The van der Waals surface area contributed by atoms with Crippen molar-refractivity contribution >= 4 is 0 Å². The second-order valence-corrected chi connectivity index (χ2v) is 4.28. The Morgan fingerprint density at radius 3 is 2.76 bits per heavy atom. The molecule has 2 aromatic carbocycles. The summed E-state index contributed by atoms with van der Waals surface area (Å²) in [6, 6.07) is 12.2. The average molecular weight is 226 g/mol. The van der Waals surface area contributed by atoms with E-state index in [1.165, 1.54) is 16.7 Å². The van der Waals surface area contributed by atoms with E-state index in [9.17, 15) is 0 Å². The summed E-state index contributed by atoms with van der Waals surface area (Å²) < 4.78 is 11.3. The van der Waals surface area contributed by atoms with Crippen LogP contribution in [0.4, 0.5) is 0 Å². The van der Waals surface area contributed by atoms with Crippen molar-refractivity contribution in [1.82, 2.24) is 0 Å². The Morgan fingerprint density at radius 2 is 1.94 bits per heavy atom. The summed E-state index contributed by atoms with van der Waals surface area (Å²) in [5, 5.41) is 0. The van der Waals surface area contributed by atoms with Gasteiger partial charge in [0.15, 0.2) is 11.5 Å². The number of methoxy groups -OCH3 is 1. The molecule has 86 valence electrons. The molecule has 3 rings (SSSR count). The van der Waals surface area contributed by atoms with Crippen molar-refractivity contribution in [3.05, 3.63) is 53.1 Å². The van der Waals surface area contributed by atoms with Gasteiger partial charge in [0.05, 0.1) is 7.11 Å². The first kappa shape index (κ1) is 10.2. The Kier molecular flexibility index (Phi) is 2.29. The number of fused-ring (bicyclic) bond motifs is 2. The molecule has 0 bridgehead atoms. The van der Waals surface area contributed by atoms with E-state index in [-0.39, 0.29) is 0 Å². The third kappa shape index (κ3) is 1.57. The summed E-state index contributed by atoms with van der Waals surface area (Å²) in [7, 11) is 1.67. The highest BCUT2D eigenvalue weighted by Crippen LogP contribution is 2.42. The maximum Gasteiger partial charge on any atom is 0.172 e. The van der Waals surface area contributed by atoms with Crippen LogP contribution in [0, 0.1) is 6.92 Å². The van der Waals surface area contributed by atoms with E-state index in [0.717, 1.165) is 23.7 Å². The van der Waals surface area contributed by atoms with Crippen LogP contribution < -0.4 is 9.47 Å². The number of rotatable bonds is 1. The smallest absolute Gasteiger partial charge is 0.172 e. The quantitative estimate of drug-likeness (QED) is 0.630. The van der Waals surface area contributed by atoms with Crippen LogP contribution in [0.25, 0.3) is 0 Å². The van der Waals surface area contributed by atoms with Gasteiger partial charge in [-0.1, -0.05) is 24.3 Å². The summed E-state index contributed by atoms with van der Waals surface area (Å²) in [6.45, 7) is 2.12. The molecule has 0 spiro atoms. The van der Waals surface area contributed by atoms with Crippen molar-refractivity contribution < 1.29 is 9.47 Å². The fraction of sp³-hybridized carbons (Fsp3) is 0.200. The molecule has 0 aliphatic carbocycles. The number of hydrogen-bond donors (Lipinski definition) is 0. The van der Waals surface area contributed by atoms with E-state index in [0.29, 0.717) is 0 Å². The van der Waals surface area contributed by atoms with Crippen LogP contribution in [0.15, 0.2) is 36.4 Å². The van der Waals surface area contributed by atoms with Crippen molar-refractivity contribution in [1.29, 1.82) is 0 Å². The Balaban J connectivity index is 2.14. The molecule has 0 atom stereocenters. The van der Waals surface area contributed by atoms with Crippen LogP contribution >= 0.6 is 0 Å². The summed E-state index contributed by atoms with van der Waals surface area (Å²) in [4.78, 5) is 0. The molecule has 0 saturated heterocycles. The highest BCUT2D eigenvalue weighted by atomic mass is 16.5. The third-order valence-electron chi connectivity index (χ3n) is 3.23. The van der Waals surface area contributed by atoms with Crippen molar-refractivity contribution in [2.24, 2.45) is 0 Å². The molecular weight excluding hydrogens is 212 g/mol. The largest absolute Gasteiger partial charge is 0.493 e. The topological polar surface area (TPSA) is 18.5 Å².